The van der Waals surface area contributed by atoms with Crippen LogP contribution < -0.4 is 10.2 Å². The van der Waals surface area contributed by atoms with Gasteiger partial charge in [-0.1, -0.05) is 24.3 Å². The molecule has 31 heavy (non-hydrogen) atoms. The fourth-order valence-electron chi connectivity index (χ4n) is 2.10. The first-order valence-electron chi connectivity index (χ1n) is 6.87. The molecule has 0 bridgehead atoms. The van der Waals surface area contributed by atoms with Gasteiger partial charge < -0.3 is 62.6 Å². The molecule has 0 aliphatic rings. The van der Waals surface area contributed by atoms with Crippen LogP contribution in [0.4, 0.5) is 0 Å². The zero-order chi connectivity index (χ0) is 17.1. The number of hydrogen-bond acceptors (Lipinski definition) is 6. The Kier molecular flexibility index (Phi) is 20.3. The molecule has 0 aliphatic carbocycles. The summed E-state index contributed by atoms with van der Waals surface area (Å²) in [5.74, 6) is -2.83. The Labute approximate surface area is 185 Å². The summed E-state index contributed by atoms with van der Waals surface area (Å²) < 4.78 is 0. The second-order valence-corrected chi connectivity index (χ2v) is 4.78. The molecule has 2 aromatic heterocycles. The van der Waals surface area contributed by atoms with Gasteiger partial charge in [-0.15, -0.1) is 0 Å². The van der Waals surface area contributed by atoms with Crippen LogP contribution in [-0.2, 0) is 29.5 Å². The second-order valence-electron chi connectivity index (χ2n) is 4.78. The van der Waals surface area contributed by atoms with E-state index >= 15 is 0 Å². The molecule has 0 atom stereocenters. The van der Waals surface area contributed by atoms with Gasteiger partial charge in [0, 0.05) is 0 Å². The summed E-state index contributed by atoms with van der Waals surface area (Å²) in [6.07, 6.45) is 0. The molecule has 0 aliphatic heterocycles. The third-order valence-electron chi connectivity index (χ3n) is 3.17. The molecule has 13 N–H and O–H groups in total. The van der Waals surface area contributed by atoms with Gasteiger partial charge in [0.2, 0.25) is 0 Å². The molecule has 0 saturated heterocycles. The van der Waals surface area contributed by atoms with Crippen molar-refractivity contribution in [3.63, 3.8) is 0 Å². The molecule has 15 heteroatoms. The molecule has 14 nitrogen and oxygen atoms in total. The summed E-state index contributed by atoms with van der Waals surface area (Å²) in [5.41, 5.74) is 2.68. The number of aromatic carboxylic acids is 2. The maximum Gasteiger partial charge on any atom is 4.00 e. The van der Waals surface area contributed by atoms with Crippen molar-refractivity contribution in [2.45, 2.75) is 0 Å². The quantitative estimate of drug-likeness (QED) is 0.266. The molecule has 2 aromatic carbocycles. The van der Waals surface area contributed by atoms with Gasteiger partial charge in [0.05, 0.1) is 22.1 Å². The molecule has 4 aromatic rings. The smallest absolute Gasteiger partial charge is 2.00 e. The SMILES string of the molecule is O.O.O.O.O=C([O-])c1nc2ccccc2[nH]1.O=C([O-])c1nc2ccccc2[nH]1.[O-2].[OH3+].[V+4]. The summed E-state index contributed by atoms with van der Waals surface area (Å²) >= 11 is 0. The van der Waals surface area contributed by atoms with Gasteiger partial charge >= 0.3 is 18.6 Å². The molecule has 2 heterocycles. The Morgan fingerprint density at radius 3 is 1.23 bits per heavy atom. The first-order valence-corrected chi connectivity index (χ1v) is 6.87. The summed E-state index contributed by atoms with van der Waals surface area (Å²) in [7, 11) is 0. The number of carboxylic acid groups (broad SMARTS) is 2. The molecule has 169 valence electrons. The third kappa shape index (κ3) is 8.91. The topological polar surface area (TPSA) is 325 Å². The molecule has 1 radical (unpaired) electrons. The average Bonchev–Trinajstić information content (AvgIpc) is 3.19. The van der Waals surface area contributed by atoms with Crippen molar-refractivity contribution in [2.75, 3.05) is 0 Å². The normalized spacial score (nSPS) is 8.00. The van der Waals surface area contributed by atoms with Crippen molar-refractivity contribution in [1.29, 1.82) is 0 Å². The van der Waals surface area contributed by atoms with E-state index in [1.165, 1.54) is 0 Å². The molecule has 0 fully saturated rings. The van der Waals surface area contributed by atoms with Crippen molar-refractivity contribution in [1.82, 2.24) is 19.9 Å². The van der Waals surface area contributed by atoms with Crippen molar-refractivity contribution >= 4 is 34.0 Å². The van der Waals surface area contributed by atoms with Crippen LogP contribution in [-0.4, -0.2) is 53.8 Å². The number of nitrogens with zero attached hydrogens (tertiary/aromatic N) is 2. The largest absolute Gasteiger partial charge is 4.00 e. The summed E-state index contributed by atoms with van der Waals surface area (Å²) in [5, 5.41) is 20.7. The molecular formula is C16H21N4O10V+. The van der Waals surface area contributed by atoms with Crippen LogP contribution in [0.1, 0.15) is 21.2 Å². The van der Waals surface area contributed by atoms with E-state index in [2.05, 4.69) is 19.9 Å². The number of carbonyl (C=O) groups is 2. The van der Waals surface area contributed by atoms with Crippen molar-refractivity contribution in [3.8, 4) is 0 Å². The zero-order valence-electron chi connectivity index (χ0n) is 15.6. The van der Waals surface area contributed by atoms with Crippen molar-refractivity contribution in [2.24, 2.45) is 0 Å². The number of H-pyrrole nitrogens is 2. The molecule has 0 spiro atoms. The van der Waals surface area contributed by atoms with Crippen LogP contribution in [0.5, 0.6) is 0 Å². The van der Waals surface area contributed by atoms with Gasteiger partial charge in [-0.25, -0.2) is 9.97 Å². The number of fused-ring (bicyclic) bond motifs is 2. The number of rotatable bonds is 2. The van der Waals surface area contributed by atoms with Gasteiger partial charge in [0.15, 0.2) is 11.6 Å². The molecule has 0 unspecified atom stereocenters. The second kappa shape index (κ2) is 16.5. The number of carbonyl (C=O) groups excluding carboxylic acids is 2. The minimum Gasteiger partial charge on any atom is -2.00 e. The standard InChI is InChI=1S/2C8H6N2O2.5H2O.O.V/c2*11-8(12)7-9-5-3-1-2-4-6(5)10-7;;;;;;;/h2*1-4H,(H,9,10)(H,11,12);5*1H2;;/q;;;;;;;-2;+4/p-1. The molecule has 0 saturated carbocycles. The van der Waals surface area contributed by atoms with E-state index < -0.39 is 11.9 Å². The number of aromatic nitrogens is 4. The number of hydrogen-bond donors (Lipinski definition) is 2. The van der Waals surface area contributed by atoms with E-state index in [0.29, 0.717) is 22.1 Å². The fourth-order valence-corrected chi connectivity index (χ4v) is 2.10. The van der Waals surface area contributed by atoms with Gasteiger partial charge in [0.25, 0.3) is 0 Å². The monoisotopic (exact) mass is 480 g/mol. The molecular weight excluding hydrogens is 459 g/mol. The molecule has 4 rings (SSSR count). The van der Waals surface area contributed by atoms with E-state index in [0.717, 1.165) is 0 Å². The Morgan fingerprint density at radius 2 is 0.968 bits per heavy atom. The van der Waals surface area contributed by atoms with Crippen LogP contribution in [0.3, 0.4) is 0 Å². The predicted molar refractivity (Wildman–Crippen MR) is 101 cm³/mol. The minimum atomic E-state index is -1.29. The number of imidazole rings is 2. The van der Waals surface area contributed by atoms with Crippen LogP contribution in [0.15, 0.2) is 48.5 Å². The average molecular weight is 480 g/mol. The van der Waals surface area contributed by atoms with Crippen LogP contribution in [0.25, 0.3) is 22.1 Å². The third-order valence-corrected chi connectivity index (χ3v) is 3.17. The van der Waals surface area contributed by atoms with Gasteiger partial charge in [-0.3, -0.25) is 0 Å². The van der Waals surface area contributed by atoms with Gasteiger partial charge in [0.1, 0.15) is 11.9 Å². The number of benzene rings is 2. The van der Waals surface area contributed by atoms with Crippen LogP contribution in [0.2, 0.25) is 0 Å². The Morgan fingerprint density at radius 1 is 0.677 bits per heavy atom. The van der Waals surface area contributed by atoms with Crippen LogP contribution in [0, 0.1) is 0 Å². The van der Waals surface area contributed by atoms with E-state index in [4.69, 9.17) is 0 Å². The summed E-state index contributed by atoms with van der Waals surface area (Å²) in [6.45, 7) is 0. The number of carboxylic acids is 2. The Hall–Kier alpha value is -3.34. The first kappa shape index (κ1) is 38.3. The van der Waals surface area contributed by atoms with Gasteiger partial charge in [-0.05, 0) is 24.3 Å². The van der Waals surface area contributed by atoms with E-state index in [1.807, 2.05) is 0 Å². The first-order chi connectivity index (χ1) is 11.5. The fraction of sp³-hybridized carbons (Fsp3) is 0. The number of aromatic amines is 2. The van der Waals surface area contributed by atoms with E-state index in [9.17, 15) is 19.8 Å². The zero-order valence-corrected chi connectivity index (χ0v) is 17.0. The molecule has 0 amide bonds. The van der Waals surface area contributed by atoms with Gasteiger partial charge in [-0.2, -0.15) is 0 Å². The maximum absolute atomic E-state index is 10.4. The van der Waals surface area contributed by atoms with Crippen LogP contribution >= 0.6 is 0 Å². The van der Waals surface area contributed by atoms with Crippen molar-refractivity contribution in [3.05, 3.63) is 60.2 Å². The number of para-hydroxylation sites is 4. The Balaban J connectivity index is -0.000000119. The predicted octanol–water partition coefficient (Wildman–Crippen LogP) is -4.49. The number of nitrogens with one attached hydrogen (secondary N) is 2. The van der Waals surface area contributed by atoms with E-state index in [1.54, 1.807) is 48.5 Å². The maximum atomic E-state index is 10.4. The minimum absolute atomic E-state index is 0. The van der Waals surface area contributed by atoms with E-state index in [-0.39, 0.29) is 63.1 Å². The van der Waals surface area contributed by atoms with Crippen molar-refractivity contribution < 1.29 is 71.2 Å². The summed E-state index contributed by atoms with van der Waals surface area (Å²) in [6, 6.07) is 14.2. The summed E-state index contributed by atoms with van der Waals surface area (Å²) in [4.78, 5) is 33.6. The Bertz CT molecular complexity index is 903.